The van der Waals surface area contributed by atoms with E-state index in [4.69, 9.17) is 5.11 Å². The maximum atomic E-state index is 13.4. The second-order valence-corrected chi connectivity index (χ2v) is 3.73. The van der Waals surface area contributed by atoms with E-state index in [0.29, 0.717) is 11.1 Å². The third-order valence-corrected chi connectivity index (χ3v) is 2.29. The number of hydrogen-bond acceptors (Lipinski definition) is 2. The predicted octanol–water partition coefficient (Wildman–Crippen LogP) is 2.58. The number of rotatable bonds is 3. The number of carboxylic acids is 1. The summed E-state index contributed by atoms with van der Waals surface area (Å²) in [6, 6.07) is 2.20. The van der Waals surface area contributed by atoms with E-state index in [0.717, 1.165) is 12.1 Å². The molecule has 0 aliphatic carbocycles. The molecule has 0 bridgehead atoms. The Morgan fingerprint density at radius 3 is 2.12 bits per heavy atom. The molecule has 2 N–H and O–H groups in total. The van der Waals surface area contributed by atoms with Crippen molar-refractivity contribution in [3.05, 3.63) is 28.8 Å². The fraction of sp³-hybridized carbons (Fsp3) is 0.364. The number of benzene rings is 1. The van der Waals surface area contributed by atoms with Crippen LogP contribution in [-0.4, -0.2) is 16.2 Å². The van der Waals surface area contributed by atoms with Gasteiger partial charge in [0.25, 0.3) is 5.92 Å². The Hall–Kier alpha value is -1.65. The van der Waals surface area contributed by atoms with Crippen LogP contribution in [0.5, 0.6) is 5.75 Å². The van der Waals surface area contributed by atoms with Gasteiger partial charge < -0.3 is 10.2 Å². The van der Waals surface area contributed by atoms with Crippen molar-refractivity contribution in [1.29, 1.82) is 0 Å². The van der Waals surface area contributed by atoms with Crippen LogP contribution in [0.4, 0.5) is 8.78 Å². The number of phenols is 1. The van der Waals surface area contributed by atoms with Crippen LogP contribution >= 0.6 is 0 Å². The van der Waals surface area contributed by atoms with Crippen molar-refractivity contribution in [3.63, 3.8) is 0 Å². The van der Waals surface area contributed by atoms with Crippen molar-refractivity contribution in [1.82, 2.24) is 0 Å². The zero-order chi connectivity index (χ0) is 12.5. The van der Waals surface area contributed by atoms with Crippen LogP contribution < -0.4 is 0 Å². The molecular weight excluding hydrogens is 218 g/mol. The Bertz CT molecular complexity index is 404. The third kappa shape index (κ3) is 2.48. The lowest BCUT2D eigenvalue weighted by Crippen LogP contribution is -2.18. The molecule has 3 nitrogen and oxygen atoms in total. The van der Waals surface area contributed by atoms with Gasteiger partial charge in [-0.15, -0.1) is 0 Å². The SMILES string of the molecule is Cc1cc(C(F)(F)CC(=O)O)cc(C)c1O. The van der Waals surface area contributed by atoms with Crippen LogP contribution in [-0.2, 0) is 10.7 Å². The van der Waals surface area contributed by atoms with E-state index in [9.17, 15) is 18.7 Å². The van der Waals surface area contributed by atoms with Gasteiger partial charge in [-0.05, 0) is 37.1 Å². The molecule has 0 saturated carbocycles. The fourth-order valence-corrected chi connectivity index (χ4v) is 1.46. The summed E-state index contributed by atoms with van der Waals surface area (Å²) < 4.78 is 26.9. The molecule has 0 unspecified atom stereocenters. The largest absolute Gasteiger partial charge is 0.507 e. The lowest BCUT2D eigenvalue weighted by atomic mass is 9.99. The fourth-order valence-electron chi connectivity index (χ4n) is 1.46. The Labute approximate surface area is 91.3 Å². The van der Waals surface area contributed by atoms with Gasteiger partial charge in [0.05, 0.1) is 0 Å². The van der Waals surface area contributed by atoms with Gasteiger partial charge in [0.15, 0.2) is 0 Å². The lowest BCUT2D eigenvalue weighted by Gasteiger charge is -2.16. The summed E-state index contributed by atoms with van der Waals surface area (Å²) in [6.45, 7) is 2.98. The van der Waals surface area contributed by atoms with E-state index in [2.05, 4.69) is 0 Å². The Morgan fingerprint density at radius 1 is 1.31 bits per heavy atom. The van der Waals surface area contributed by atoms with Gasteiger partial charge in [-0.3, -0.25) is 4.79 Å². The van der Waals surface area contributed by atoms with E-state index < -0.39 is 18.3 Å². The number of phenolic OH excluding ortho intramolecular Hbond substituents is 1. The lowest BCUT2D eigenvalue weighted by molar-refractivity contribution is -0.145. The molecule has 0 fully saturated rings. The van der Waals surface area contributed by atoms with Gasteiger partial charge in [-0.1, -0.05) is 0 Å². The summed E-state index contributed by atoms with van der Waals surface area (Å²) in [6.07, 6.45) is -1.25. The summed E-state index contributed by atoms with van der Waals surface area (Å²) in [4.78, 5) is 10.3. The van der Waals surface area contributed by atoms with Crippen molar-refractivity contribution >= 4 is 5.97 Å². The van der Waals surface area contributed by atoms with E-state index in [1.54, 1.807) is 0 Å². The zero-order valence-electron chi connectivity index (χ0n) is 8.92. The molecule has 1 aromatic carbocycles. The first kappa shape index (κ1) is 12.4. The molecule has 0 spiro atoms. The topological polar surface area (TPSA) is 57.5 Å². The van der Waals surface area contributed by atoms with Crippen LogP contribution in [0.1, 0.15) is 23.1 Å². The molecule has 5 heteroatoms. The summed E-state index contributed by atoms with van der Waals surface area (Å²) in [5, 5.41) is 17.8. The first-order valence-corrected chi connectivity index (χ1v) is 4.64. The van der Waals surface area contributed by atoms with Crippen LogP contribution in [0, 0.1) is 13.8 Å². The number of halogens is 2. The van der Waals surface area contributed by atoms with E-state index in [-0.39, 0.29) is 11.3 Å². The van der Waals surface area contributed by atoms with Gasteiger partial charge in [0, 0.05) is 5.56 Å². The molecule has 0 saturated heterocycles. The maximum Gasteiger partial charge on any atom is 0.309 e. The van der Waals surface area contributed by atoms with Crippen LogP contribution in [0.2, 0.25) is 0 Å². The van der Waals surface area contributed by atoms with E-state index >= 15 is 0 Å². The monoisotopic (exact) mass is 230 g/mol. The zero-order valence-corrected chi connectivity index (χ0v) is 8.92. The summed E-state index contributed by atoms with van der Waals surface area (Å²) in [5.74, 6) is -5.03. The average Bonchev–Trinajstić information content (AvgIpc) is 2.11. The molecule has 0 atom stereocenters. The van der Waals surface area contributed by atoms with Gasteiger partial charge in [0.2, 0.25) is 0 Å². The summed E-state index contributed by atoms with van der Waals surface area (Å²) in [5.41, 5.74) is 0.225. The van der Waals surface area contributed by atoms with Crippen LogP contribution in [0.25, 0.3) is 0 Å². The molecule has 0 heterocycles. The number of alkyl halides is 2. The first-order chi connectivity index (χ1) is 7.24. The molecule has 0 aromatic heterocycles. The number of aliphatic carboxylic acids is 1. The smallest absolute Gasteiger partial charge is 0.309 e. The Kier molecular flexibility index (Phi) is 3.16. The number of hydrogen-bond donors (Lipinski definition) is 2. The average molecular weight is 230 g/mol. The summed E-state index contributed by atoms with van der Waals surface area (Å²) >= 11 is 0. The van der Waals surface area contributed by atoms with E-state index in [1.165, 1.54) is 13.8 Å². The van der Waals surface area contributed by atoms with Crippen molar-refractivity contribution < 1.29 is 23.8 Å². The van der Waals surface area contributed by atoms with E-state index in [1.807, 2.05) is 0 Å². The Balaban J connectivity index is 3.18. The number of carboxylic acid groups (broad SMARTS) is 1. The van der Waals surface area contributed by atoms with Gasteiger partial charge >= 0.3 is 5.97 Å². The van der Waals surface area contributed by atoms with Crippen molar-refractivity contribution in [2.24, 2.45) is 0 Å². The van der Waals surface area contributed by atoms with Crippen LogP contribution in [0.3, 0.4) is 0 Å². The molecule has 16 heavy (non-hydrogen) atoms. The molecule has 0 amide bonds. The van der Waals surface area contributed by atoms with Crippen molar-refractivity contribution in [2.75, 3.05) is 0 Å². The predicted molar refractivity (Wildman–Crippen MR) is 53.7 cm³/mol. The Morgan fingerprint density at radius 2 is 1.75 bits per heavy atom. The number of aromatic hydroxyl groups is 1. The van der Waals surface area contributed by atoms with Crippen LogP contribution in [0.15, 0.2) is 12.1 Å². The van der Waals surface area contributed by atoms with Crippen molar-refractivity contribution in [3.8, 4) is 5.75 Å². The normalized spacial score (nSPS) is 11.5. The minimum Gasteiger partial charge on any atom is -0.507 e. The van der Waals surface area contributed by atoms with Gasteiger partial charge in [-0.25, -0.2) is 8.78 Å². The quantitative estimate of drug-likeness (QED) is 0.839. The highest BCUT2D eigenvalue weighted by atomic mass is 19.3. The summed E-state index contributed by atoms with van der Waals surface area (Å²) in [7, 11) is 0. The minimum atomic E-state index is -3.42. The highest BCUT2D eigenvalue weighted by molar-refractivity contribution is 5.68. The van der Waals surface area contributed by atoms with Gasteiger partial charge in [-0.2, -0.15) is 0 Å². The van der Waals surface area contributed by atoms with Gasteiger partial charge in [0.1, 0.15) is 12.2 Å². The highest BCUT2D eigenvalue weighted by Crippen LogP contribution is 2.35. The standard InChI is InChI=1S/C11H12F2O3/c1-6-3-8(4-7(2)10(6)16)11(12,13)5-9(14)15/h3-4,16H,5H2,1-2H3,(H,14,15). The molecular formula is C11H12F2O3. The maximum absolute atomic E-state index is 13.4. The second kappa shape index (κ2) is 4.08. The van der Waals surface area contributed by atoms with Crippen molar-refractivity contribution in [2.45, 2.75) is 26.2 Å². The first-order valence-electron chi connectivity index (χ1n) is 4.64. The third-order valence-electron chi connectivity index (χ3n) is 2.29. The number of carbonyl (C=O) groups is 1. The molecule has 0 aliphatic heterocycles. The minimum absolute atomic E-state index is 0.0464. The molecule has 0 radical (unpaired) electrons. The highest BCUT2D eigenvalue weighted by Gasteiger charge is 2.35. The molecule has 88 valence electrons. The molecule has 0 aliphatic rings. The number of aryl methyl sites for hydroxylation is 2. The molecule has 1 aromatic rings. The second-order valence-electron chi connectivity index (χ2n) is 3.73. The molecule has 1 rings (SSSR count).